The maximum Gasteiger partial charge on any atom is 0.344 e. The second kappa shape index (κ2) is 8.94. The summed E-state index contributed by atoms with van der Waals surface area (Å²) in [7, 11) is 2.95. The molecule has 0 amide bonds. The first-order valence-electron chi connectivity index (χ1n) is 7.33. The molecule has 0 aliphatic rings. The van der Waals surface area contributed by atoms with Gasteiger partial charge in [0.1, 0.15) is 17.2 Å². The number of methoxy groups -OCH3 is 2. The maximum atomic E-state index is 12.2. The first-order chi connectivity index (χ1) is 12.0. The van der Waals surface area contributed by atoms with Crippen LogP contribution in [0.3, 0.4) is 0 Å². The van der Waals surface area contributed by atoms with Crippen LogP contribution in [0.2, 0.25) is 5.02 Å². The molecule has 0 aliphatic carbocycles. The standard InChI is InChI=1S/C18H17ClO6/c1-22-12-7-8-13(17(9-12)23-2)15(20)10-25-18(21)11-24-16-6-4-3-5-14(16)19/h3-9H,10-11H2,1-2H3. The third-order valence-electron chi connectivity index (χ3n) is 3.26. The molecule has 7 heteroatoms. The first kappa shape index (κ1) is 18.6. The van der Waals surface area contributed by atoms with Gasteiger partial charge < -0.3 is 18.9 Å². The maximum absolute atomic E-state index is 12.2. The molecule has 0 atom stereocenters. The van der Waals surface area contributed by atoms with E-state index >= 15 is 0 Å². The first-order valence-corrected chi connectivity index (χ1v) is 7.71. The van der Waals surface area contributed by atoms with Crippen LogP contribution < -0.4 is 14.2 Å². The van der Waals surface area contributed by atoms with Crippen molar-refractivity contribution in [1.82, 2.24) is 0 Å². The summed E-state index contributed by atoms with van der Waals surface area (Å²) in [6.07, 6.45) is 0. The van der Waals surface area contributed by atoms with Gasteiger partial charge in [-0.25, -0.2) is 4.79 Å². The predicted molar refractivity (Wildman–Crippen MR) is 91.8 cm³/mol. The average Bonchev–Trinajstić information content (AvgIpc) is 2.64. The lowest BCUT2D eigenvalue weighted by Gasteiger charge is -2.10. The molecule has 25 heavy (non-hydrogen) atoms. The van der Waals surface area contributed by atoms with Crippen molar-refractivity contribution in [3.63, 3.8) is 0 Å². The van der Waals surface area contributed by atoms with Gasteiger partial charge in [0.25, 0.3) is 0 Å². The van der Waals surface area contributed by atoms with Crippen molar-refractivity contribution in [2.24, 2.45) is 0 Å². The zero-order valence-electron chi connectivity index (χ0n) is 13.8. The van der Waals surface area contributed by atoms with Gasteiger partial charge >= 0.3 is 5.97 Å². The second-order valence-corrected chi connectivity index (χ2v) is 5.28. The molecule has 6 nitrogen and oxygen atoms in total. The monoisotopic (exact) mass is 364 g/mol. The lowest BCUT2D eigenvalue weighted by Crippen LogP contribution is -2.20. The minimum Gasteiger partial charge on any atom is -0.497 e. The molecule has 0 radical (unpaired) electrons. The Kier molecular flexibility index (Phi) is 6.65. The van der Waals surface area contributed by atoms with Gasteiger partial charge in [-0.05, 0) is 24.3 Å². The SMILES string of the molecule is COc1ccc(C(=O)COC(=O)COc2ccccc2Cl)c(OC)c1. The minimum atomic E-state index is -0.680. The zero-order valence-corrected chi connectivity index (χ0v) is 14.5. The van der Waals surface area contributed by atoms with E-state index in [1.165, 1.54) is 14.2 Å². The Morgan fingerprint density at radius 3 is 2.40 bits per heavy atom. The fourth-order valence-electron chi connectivity index (χ4n) is 1.99. The Morgan fingerprint density at radius 1 is 0.960 bits per heavy atom. The lowest BCUT2D eigenvalue weighted by molar-refractivity contribution is -0.144. The molecule has 2 aromatic carbocycles. The summed E-state index contributed by atoms with van der Waals surface area (Å²) in [5, 5.41) is 0.384. The van der Waals surface area contributed by atoms with E-state index in [1.807, 2.05) is 0 Å². The third-order valence-corrected chi connectivity index (χ3v) is 3.57. The van der Waals surface area contributed by atoms with Gasteiger partial charge in [-0.15, -0.1) is 0 Å². The number of halogens is 1. The quantitative estimate of drug-likeness (QED) is 0.529. The van der Waals surface area contributed by atoms with Crippen LogP contribution in [0, 0.1) is 0 Å². The Balaban J connectivity index is 1.89. The van der Waals surface area contributed by atoms with E-state index in [1.54, 1.807) is 42.5 Å². The van der Waals surface area contributed by atoms with E-state index in [9.17, 15) is 9.59 Å². The highest BCUT2D eigenvalue weighted by Crippen LogP contribution is 2.25. The van der Waals surface area contributed by atoms with Crippen molar-refractivity contribution >= 4 is 23.4 Å². The molecule has 2 rings (SSSR count). The van der Waals surface area contributed by atoms with Crippen molar-refractivity contribution in [2.75, 3.05) is 27.4 Å². The van der Waals surface area contributed by atoms with Crippen LogP contribution in [-0.2, 0) is 9.53 Å². The van der Waals surface area contributed by atoms with E-state index in [-0.39, 0.29) is 6.61 Å². The lowest BCUT2D eigenvalue weighted by atomic mass is 10.1. The predicted octanol–water partition coefficient (Wildman–Crippen LogP) is 3.16. The van der Waals surface area contributed by atoms with Crippen LogP contribution in [0.15, 0.2) is 42.5 Å². The Hall–Kier alpha value is -2.73. The van der Waals surface area contributed by atoms with E-state index < -0.39 is 18.4 Å². The van der Waals surface area contributed by atoms with Gasteiger partial charge in [-0.1, -0.05) is 23.7 Å². The molecular weight excluding hydrogens is 348 g/mol. The van der Waals surface area contributed by atoms with E-state index in [0.29, 0.717) is 27.8 Å². The highest BCUT2D eigenvalue weighted by molar-refractivity contribution is 6.32. The van der Waals surface area contributed by atoms with Crippen LogP contribution in [0.25, 0.3) is 0 Å². The summed E-state index contributed by atoms with van der Waals surface area (Å²) in [5.41, 5.74) is 0.295. The number of hydrogen-bond acceptors (Lipinski definition) is 6. The van der Waals surface area contributed by atoms with Crippen molar-refractivity contribution in [2.45, 2.75) is 0 Å². The fourth-order valence-corrected chi connectivity index (χ4v) is 2.18. The van der Waals surface area contributed by atoms with E-state index in [2.05, 4.69) is 0 Å². The van der Waals surface area contributed by atoms with E-state index in [4.69, 9.17) is 30.5 Å². The largest absolute Gasteiger partial charge is 0.497 e. The molecular formula is C18H17ClO6. The van der Waals surface area contributed by atoms with Crippen LogP contribution in [0.1, 0.15) is 10.4 Å². The highest BCUT2D eigenvalue weighted by Gasteiger charge is 2.16. The van der Waals surface area contributed by atoms with Gasteiger partial charge in [0, 0.05) is 6.07 Å². The highest BCUT2D eigenvalue weighted by atomic mass is 35.5. The number of ketones is 1. The molecule has 0 heterocycles. The number of Topliss-reactive ketones (excluding diaryl/α,β-unsaturated/α-hetero) is 1. The summed E-state index contributed by atoms with van der Waals surface area (Å²) < 4.78 is 20.4. The molecule has 0 N–H and O–H groups in total. The number of rotatable bonds is 8. The van der Waals surface area contributed by atoms with Crippen LogP contribution >= 0.6 is 11.6 Å². The summed E-state index contributed by atoms with van der Waals surface area (Å²) in [6, 6.07) is 11.5. The smallest absolute Gasteiger partial charge is 0.344 e. The van der Waals surface area contributed by atoms with Gasteiger partial charge in [0.15, 0.2) is 13.2 Å². The number of para-hydroxylation sites is 1. The molecule has 0 saturated carbocycles. The summed E-state index contributed by atoms with van der Waals surface area (Å²) in [6.45, 7) is -0.774. The van der Waals surface area contributed by atoms with Crippen molar-refractivity contribution in [1.29, 1.82) is 0 Å². The molecule has 0 bridgehead atoms. The molecule has 0 fully saturated rings. The van der Waals surface area contributed by atoms with Gasteiger partial charge in [0.05, 0.1) is 24.8 Å². The average molecular weight is 365 g/mol. The van der Waals surface area contributed by atoms with Gasteiger partial charge in [0.2, 0.25) is 5.78 Å². The topological polar surface area (TPSA) is 71.1 Å². The minimum absolute atomic E-state index is 0.295. The molecule has 0 saturated heterocycles. The van der Waals surface area contributed by atoms with Gasteiger partial charge in [-0.3, -0.25) is 4.79 Å². The summed E-state index contributed by atoms with van der Waals surface area (Å²) in [5.74, 6) is 0.182. The zero-order chi connectivity index (χ0) is 18.2. The Labute approximate surface area is 150 Å². The van der Waals surface area contributed by atoms with Gasteiger partial charge in [-0.2, -0.15) is 0 Å². The molecule has 2 aromatic rings. The molecule has 0 spiro atoms. The second-order valence-electron chi connectivity index (χ2n) is 4.87. The molecule has 0 aromatic heterocycles. The fraction of sp³-hybridized carbons (Fsp3) is 0.222. The van der Waals surface area contributed by atoms with E-state index in [0.717, 1.165) is 0 Å². The summed E-state index contributed by atoms with van der Waals surface area (Å²) in [4.78, 5) is 23.9. The molecule has 0 unspecified atom stereocenters. The van der Waals surface area contributed by atoms with Crippen LogP contribution in [0.5, 0.6) is 17.2 Å². The number of ether oxygens (including phenoxy) is 4. The van der Waals surface area contributed by atoms with Crippen LogP contribution in [0.4, 0.5) is 0 Å². The third kappa shape index (κ3) is 5.12. The molecule has 132 valence electrons. The number of carbonyl (C=O) groups is 2. The van der Waals surface area contributed by atoms with Crippen LogP contribution in [-0.4, -0.2) is 39.2 Å². The Morgan fingerprint density at radius 2 is 1.72 bits per heavy atom. The molecule has 0 aliphatic heterocycles. The van der Waals surface area contributed by atoms with Crippen molar-refractivity contribution in [3.05, 3.63) is 53.1 Å². The normalized spacial score (nSPS) is 10.0. The number of hydrogen-bond donors (Lipinski definition) is 0. The summed E-state index contributed by atoms with van der Waals surface area (Å²) >= 11 is 5.92. The number of esters is 1. The Bertz CT molecular complexity index is 759. The van der Waals surface area contributed by atoms with Crippen molar-refractivity contribution in [3.8, 4) is 17.2 Å². The number of benzene rings is 2. The van der Waals surface area contributed by atoms with Crippen molar-refractivity contribution < 1.29 is 28.5 Å². The number of carbonyl (C=O) groups excluding carboxylic acids is 2.